The predicted molar refractivity (Wildman–Crippen MR) is 102 cm³/mol. The van der Waals surface area contributed by atoms with Crippen molar-refractivity contribution < 1.29 is 19.4 Å². The van der Waals surface area contributed by atoms with E-state index in [0.29, 0.717) is 18.5 Å². The molecule has 26 heavy (non-hydrogen) atoms. The van der Waals surface area contributed by atoms with Gasteiger partial charge in [-0.2, -0.15) is 0 Å². The molecule has 1 heterocycles. The summed E-state index contributed by atoms with van der Waals surface area (Å²) in [5.41, 5.74) is 2.04. The van der Waals surface area contributed by atoms with Crippen molar-refractivity contribution in [2.24, 2.45) is 0 Å². The molecule has 0 aliphatic carbocycles. The molecule has 5 heteroatoms. The third kappa shape index (κ3) is 3.87. The highest BCUT2D eigenvalue weighted by atomic mass is 16.5. The van der Waals surface area contributed by atoms with E-state index in [1.165, 1.54) is 4.90 Å². The first-order valence-corrected chi connectivity index (χ1v) is 9.14. The van der Waals surface area contributed by atoms with E-state index in [4.69, 9.17) is 4.74 Å². The van der Waals surface area contributed by atoms with Crippen molar-refractivity contribution in [3.8, 4) is 5.75 Å². The van der Waals surface area contributed by atoms with Crippen LogP contribution in [0, 0.1) is 0 Å². The standard InChI is InChI=1S/C21H31NO4/c1-20(2,3)14-11-13(12-15(17(14)26-7)21(4,5)6)18(23)22-10-8-9-16(22)19(24)25/h11-12,16H,8-10H2,1-7H3,(H,24,25). The molecule has 0 aromatic heterocycles. The lowest BCUT2D eigenvalue weighted by atomic mass is 9.78. The number of carboxylic acids is 1. The van der Waals surface area contributed by atoms with Gasteiger partial charge in [-0.05, 0) is 35.8 Å². The fourth-order valence-electron chi connectivity index (χ4n) is 3.52. The Morgan fingerprint density at radius 3 is 1.96 bits per heavy atom. The second kappa shape index (κ2) is 6.93. The van der Waals surface area contributed by atoms with E-state index in [1.54, 1.807) is 7.11 Å². The maximum absolute atomic E-state index is 13.1. The quantitative estimate of drug-likeness (QED) is 0.884. The summed E-state index contributed by atoms with van der Waals surface area (Å²) in [6.07, 6.45) is 1.23. The molecule has 0 bridgehead atoms. The summed E-state index contributed by atoms with van der Waals surface area (Å²) in [6.45, 7) is 13.0. The van der Waals surface area contributed by atoms with Crippen molar-refractivity contribution in [1.82, 2.24) is 4.90 Å². The number of benzene rings is 1. The second-order valence-electron chi connectivity index (χ2n) is 9.10. The molecule has 1 fully saturated rings. The van der Waals surface area contributed by atoms with Crippen LogP contribution in [0.4, 0.5) is 0 Å². The number of aliphatic carboxylic acids is 1. The van der Waals surface area contributed by atoms with Gasteiger partial charge in [-0.15, -0.1) is 0 Å². The minimum absolute atomic E-state index is 0.209. The molecular weight excluding hydrogens is 330 g/mol. The van der Waals surface area contributed by atoms with Crippen LogP contribution in [0.5, 0.6) is 5.75 Å². The van der Waals surface area contributed by atoms with Gasteiger partial charge < -0.3 is 14.7 Å². The van der Waals surface area contributed by atoms with E-state index in [9.17, 15) is 14.7 Å². The van der Waals surface area contributed by atoms with Gasteiger partial charge in [0.2, 0.25) is 0 Å². The van der Waals surface area contributed by atoms with E-state index < -0.39 is 12.0 Å². The van der Waals surface area contributed by atoms with Crippen LogP contribution in [-0.4, -0.2) is 41.6 Å². The van der Waals surface area contributed by atoms with Gasteiger partial charge in [0, 0.05) is 23.2 Å². The monoisotopic (exact) mass is 361 g/mol. The first kappa shape index (κ1) is 20.3. The molecule has 1 saturated heterocycles. The first-order valence-electron chi connectivity index (χ1n) is 9.14. The molecule has 1 aliphatic rings. The fourth-order valence-corrected chi connectivity index (χ4v) is 3.52. The molecule has 1 aromatic rings. The van der Waals surface area contributed by atoms with Gasteiger partial charge in [-0.1, -0.05) is 41.5 Å². The van der Waals surface area contributed by atoms with Gasteiger partial charge in [-0.25, -0.2) is 4.79 Å². The van der Waals surface area contributed by atoms with Gasteiger partial charge >= 0.3 is 5.97 Å². The molecule has 1 amide bonds. The minimum Gasteiger partial charge on any atom is -0.496 e. The van der Waals surface area contributed by atoms with Crippen molar-refractivity contribution in [3.05, 3.63) is 28.8 Å². The highest BCUT2D eigenvalue weighted by Gasteiger charge is 2.36. The number of ether oxygens (including phenoxy) is 1. The van der Waals surface area contributed by atoms with Gasteiger partial charge in [-0.3, -0.25) is 4.79 Å². The summed E-state index contributed by atoms with van der Waals surface area (Å²) in [4.78, 5) is 26.1. The topological polar surface area (TPSA) is 66.8 Å². The van der Waals surface area contributed by atoms with Gasteiger partial charge in [0.1, 0.15) is 11.8 Å². The van der Waals surface area contributed by atoms with Crippen LogP contribution >= 0.6 is 0 Å². The Bertz CT molecular complexity index is 675. The number of likely N-dealkylation sites (tertiary alicyclic amines) is 1. The number of carbonyl (C=O) groups is 2. The van der Waals surface area contributed by atoms with Gasteiger partial charge in [0.05, 0.1) is 7.11 Å². The molecule has 1 unspecified atom stereocenters. The van der Waals surface area contributed by atoms with Gasteiger partial charge in [0.25, 0.3) is 5.91 Å². The van der Waals surface area contributed by atoms with E-state index in [-0.39, 0.29) is 16.7 Å². The predicted octanol–water partition coefficient (Wildman–Crippen LogP) is 3.98. The lowest BCUT2D eigenvalue weighted by Crippen LogP contribution is -2.40. The van der Waals surface area contributed by atoms with Crippen LogP contribution in [0.25, 0.3) is 0 Å². The highest BCUT2D eigenvalue weighted by molar-refractivity contribution is 5.97. The van der Waals surface area contributed by atoms with Crippen molar-refractivity contribution in [2.45, 2.75) is 71.3 Å². The van der Waals surface area contributed by atoms with Crippen LogP contribution in [0.3, 0.4) is 0 Å². The molecule has 1 aromatic carbocycles. The second-order valence-corrected chi connectivity index (χ2v) is 9.10. The Hall–Kier alpha value is -2.04. The average molecular weight is 361 g/mol. The van der Waals surface area contributed by atoms with Crippen LogP contribution in [0.15, 0.2) is 12.1 Å². The van der Waals surface area contributed by atoms with E-state index in [1.807, 2.05) is 12.1 Å². The molecule has 0 saturated carbocycles. The van der Waals surface area contributed by atoms with Crippen LogP contribution < -0.4 is 4.74 Å². The van der Waals surface area contributed by atoms with E-state index >= 15 is 0 Å². The van der Waals surface area contributed by atoms with E-state index in [0.717, 1.165) is 23.3 Å². The van der Waals surface area contributed by atoms with Crippen LogP contribution in [0.2, 0.25) is 0 Å². The molecule has 144 valence electrons. The number of carboxylic acid groups (broad SMARTS) is 1. The molecule has 0 radical (unpaired) electrons. The summed E-state index contributed by atoms with van der Waals surface area (Å²) in [6, 6.07) is 3.00. The summed E-state index contributed by atoms with van der Waals surface area (Å²) in [5.74, 6) is -0.345. The molecule has 0 spiro atoms. The molecule has 1 aliphatic heterocycles. The zero-order valence-electron chi connectivity index (χ0n) is 17.0. The molecule has 1 N–H and O–H groups in total. The molecular formula is C21H31NO4. The maximum Gasteiger partial charge on any atom is 0.326 e. The number of nitrogens with zero attached hydrogens (tertiary/aromatic N) is 1. The third-order valence-corrected chi connectivity index (χ3v) is 4.95. The zero-order chi connectivity index (χ0) is 19.9. The Labute approximate surface area is 156 Å². The van der Waals surface area contributed by atoms with E-state index in [2.05, 4.69) is 41.5 Å². The third-order valence-electron chi connectivity index (χ3n) is 4.95. The van der Waals surface area contributed by atoms with Crippen molar-refractivity contribution >= 4 is 11.9 Å². The summed E-state index contributed by atoms with van der Waals surface area (Å²) in [5, 5.41) is 9.42. The Morgan fingerprint density at radius 1 is 1.08 bits per heavy atom. The average Bonchev–Trinajstić information content (AvgIpc) is 3.00. The number of amides is 1. The number of hydrogen-bond donors (Lipinski definition) is 1. The summed E-state index contributed by atoms with van der Waals surface area (Å²) >= 11 is 0. The number of methoxy groups -OCH3 is 1. The molecule has 1 atom stereocenters. The molecule has 5 nitrogen and oxygen atoms in total. The Morgan fingerprint density at radius 2 is 1.58 bits per heavy atom. The van der Waals surface area contributed by atoms with Crippen molar-refractivity contribution in [1.29, 1.82) is 0 Å². The fraction of sp³-hybridized carbons (Fsp3) is 0.619. The van der Waals surface area contributed by atoms with Crippen LogP contribution in [-0.2, 0) is 15.6 Å². The van der Waals surface area contributed by atoms with Crippen LogP contribution in [0.1, 0.15) is 75.9 Å². The zero-order valence-corrected chi connectivity index (χ0v) is 17.0. The number of carbonyl (C=O) groups excluding carboxylic acids is 1. The van der Waals surface area contributed by atoms with Gasteiger partial charge in [0.15, 0.2) is 0 Å². The maximum atomic E-state index is 13.1. The lowest BCUT2D eigenvalue weighted by molar-refractivity contribution is -0.141. The normalized spacial score (nSPS) is 18.1. The number of hydrogen-bond acceptors (Lipinski definition) is 3. The number of rotatable bonds is 3. The minimum atomic E-state index is -0.934. The Kier molecular flexibility index (Phi) is 5.41. The smallest absolute Gasteiger partial charge is 0.326 e. The molecule has 2 rings (SSSR count). The summed E-state index contributed by atoms with van der Waals surface area (Å²) in [7, 11) is 1.65. The highest BCUT2D eigenvalue weighted by Crippen LogP contribution is 2.41. The van der Waals surface area contributed by atoms with Crippen molar-refractivity contribution in [3.63, 3.8) is 0 Å². The lowest BCUT2D eigenvalue weighted by Gasteiger charge is -2.30. The van der Waals surface area contributed by atoms with Crippen molar-refractivity contribution in [2.75, 3.05) is 13.7 Å². The first-order chi connectivity index (χ1) is 11.9. The largest absolute Gasteiger partial charge is 0.496 e. The summed E-state index contributed by atoms with van der Waals surface area (Å²) < 4.78 is 5.73. The SMILES string of the molecule is COc1c(C(C)(C)C)cc(C(=O)N2CCCC2C(=O)O)cc1C(C)(C)C. The Balaban J connectivity index is 2.62.